The lowest BCUT2D eigenvalue weighted by Crippen LogP contribution is -2.01. The van der Waals surface area contributed by atoms with Crippen LogP contribution in [0.15, 0.2) is 36.4 Å². The van der Waals surface area contributed by atoms with Gasteiger partial charge in [-0.15, -0.1) is 0 Å². The summed E-state index contributed by atoms with van der Waals surface area (Å²) >= 11 is 5.74. The van der Waals surface area contributed by atoms with Gasteiger partial charge in [-0.05, 0) is 42.3 Å². The zero-order valence-corrected chi connectivity index (χ0v) is 11.4. The highest BCUT2D eigenvalue weighted by Gasteiger charge is 2.12. The fourth-order valence-electron chi connectivity index (χ4n) is 1.77. The number of hydrogen-bond acceptors (Lipinski definition) is 3. The molecule has 0 spiro atoms. The van der Waals surface area contributed by atoms with E-state index >= 15 is 0 Å². The van der Waals surface area contributed by atoms with E-state index in [9.17, 15) is 14.5 Å². The van der Waals surface area contributed by atoms with Crippen LogP contribution in [0.25, 0.3) is 0 Å². The summed E-state index contributed by atoms with van der Waals surface area (Å²) in [5, 5.41) is 14.0. The third kappa shape index (κ3) is 3.24. The van der Waals surface area contributed by atoms with Crippen molar-refractivity contribution in [3.63, 3.8) is 0 Å². The van der Waals surface area contributed by atoms with Crippen LogP contribution in [-0.4, -0.2) is 4.92 Å². The summed E-state index contributed by atoms with van der Waals surface area (Å²) in [6.45, 7) is 2.07. The van der Waals surface area contributed by atoms with E-state index in [-0.39, 0.29) is 16.5 Å². The second-order valence-corrected chi connectivity index (χ2v) is 4.77. The molecule has 2 rings (SSSR count). The number of aryl methyl sites for hydroxylation is 1. The van der Waals surface area contributed by atoms with Crippen molar-refractivity contribution < 1.29 is 9.31 Å². The zero-order chi connectivity index (χ0) is 14.7. The van der Waals surface area contributed by atoms with Gasteiger partial charge in [-0.1, -0.05) is 17.7 Å². The van der Waals surface area contributed by atoms with Gasteiger partial charge < -0.3 is 5.32 Å². The maximum absolute atomic E-state index is 13.1. The molecule has 0 unspecified atom stereocenters. The van der Waals surface area contributed by atoms with Crippen molar-refractivity contribution in [3.8, 4) is 0 Å². The van der Waals surface area contributed by atoms with E-state index in [0.717, 1.165) is 11.3 Å². The molecule has 1 N–H and O–H groups in total. The molecular weight excluding hydrogens is 283 g/mol. The molecule has 2 aromatic carbocycles. The molecule has 0 aromatic heterocycles. The van der Waals surface area contributed by atoms with Crippen molar-refractivity contribution in [2.45, 2.75) is 13.5 Å². The summed E-state index contributed by atoms with van der Waals surface area (Å²) in [5.41, 5.74) is 1.89. The Morgan fingerprint density at radius 3 is 2.70 bits per heavy atom. The number of benzene rings is 2. The number of nitrogens with one attached hydrogen (secondary N) is 1. The van der Waals surface area contributed by atoms with Gasteiger partial charge in [-0.25, -0.2) is 4.39 Å². The van der Waals surface area contributed by atoms with Crippen molar-refractivity contribution >= 4 is 23.0 Å². The molecule has 0 aliphatic rings. The smallest absolute Gasteiger partial charge is 0.288 e. The minimum Gasteiger partial charge on any atom is -0.381 e. The number of anilines is 1. The van der Waals surface area contributed by atoms with Gasteiger partial charge in [0.05, 0.1) is 4.92 Å². The molecule has 104 valence electrons. The van der Waals surface area contributed by atoms with E-state index in [1.165, 1.54) is 18.2 Å². The lowest BCUT2D eigenvalue weighted by atomic mass is 10.1. The van der Waals surface area contributed by atoms with E-state index in [0.29, 0.717) is 12.1 Å². The summed E-state index contributed by atoms with van der Waals surface area (Å²) in [6, 6.07) is 9.30. The standard InChI is InChI=1S/C14H12ClFN2O2/c1-9-6-11(3-5-13(9)16)17-8-10-2-4-12(15)14(7-10)18(19)20/h2-7,17H,8H2,1H3. The third-order valence-corrected chi connectivity index (χ3v) is 3.18. The molecule has 0 saturated carbocycles. The number of hydrogen-bond donors (Lipinski definition) is 1. The first-order valence-corrected chi connectivity index (χ1v) is 6.28. The van der Waals surface area contributed by atoms with Crippen LogP contribution in [0, 0.1) is 22.9 Å². The third-order valence-electron chi connectivity index (χ3n) is 2.86. The topological polar surface area (TPSA) is 55.2 Å². The normalized spacial score (nSPS) is 10.3. The Balaban J connectivity index is 2.12. The lowest BCUT2D eigenvalue weighted by molar-refractivity contribution is -0.384. The molecule has 4 nitrogen and oxygen atoms in total. The molecule has 0 radical (unpaired) electrons. The van der Waals surface area contributed by atoms with Crippen molar-refractivity contribution in [1.82, 2.24) is 0 Å². The van der Waals surface area contributed by atoms with E-state index < -0.39 is 4.92 Å². The van der Waals surface area contributed by atoms with Gasteiger partial charge in [0.15, 0.2) is 0 Å². The second-order valence-electron chi connectivity index (χ2n) is 4.36. The minimum absolute atomic E-state index is 0.108. The van der Waals surface area contributed by atoms with Crippen LogP contribution in [0.3, 0.4) is 0 Å². The highest BCUT2D eigenvalue weighted by molar-refractivity contribution is 6.32. The Morgan fingerprint density at radius 2 is 2.05 bits per heavy atom. The summed E-state index contributed by atoms with van der Waals surface area (Å²) in [5.74, 6) is -0.266. The first-order chi connectivity index (χ1) is 9.47. The summed E-state index contributed by atoms with van der Waals surface area (Å²) in [4.78, 5) is 10.3. The Bertz CT molecular complexity index is 662. The lowest BCUT2D eigenvalue weighted by Gasteiger charge is -2.08. The van der Waals surface area contributed by atoms with Crippen molar-refractivity contribution in [2.24, 2.45) is 0 Å². The van der Waals surface area contributed by atoms with E-state index in [4.69, 9.17) is 11.6 Å². The Morgan fingerprint density at radius 1 is 1.30 bits per heavy atom. The van der Waals surface area contributed by atoms with Gasteiger partial charge in [0, 0.05) is 18.3 Å². The average Bonchev–Trinajstić information content (AvgIpc) is 2.41. The molecule has 0 saturated heterocycles. The van der Waals surface area contributed by atoms with Gasteiger partial charge >= 0.3 is 0 Å². The Hall–Kier alpha value is -2.14. The molecule has 20 heavy (non-hydrogen) atoms. The second kappa shape index (κ2) is 5.88. The molecule has 0 aliphatic heterocycles. The van der Waals surface area contributed by atoms with E-state index in [1.807, 2.05) is 0 Å². The molecule has 2 aromatic rings. The average molecular weight is 295 g/mol. The van der Waals surface area contributed by atoms with Crippen LogP contribution in [0.5, 0.6) is 0 Å². The quantitative estimate of drug-likeness (QED) is 0.675. The monoisotopic (exact) mass is 294 g/mol. The fourth-order valence-corrected chi connectivity index (χ4v) is 1.95. The minimum atomic E-state index is -0.520. The molecule has 0 fully saturated rings. The maximum atomic E-state index is 13.1. The molecular formula is C14H12ClFN2O2. The van der Waals surface area contributed by atoms with Crippen molar-refractivity contribution in [1.29, 1.82) is 0 Å². The van der Waals surface area contributed by atoms with Gasteiger partial charge in [0.1, 0.15) is 10.8 Å². The van der Waals surface area contributed by atoms with Crippen LogP contribution in [0.4, 0.5) is 15.8 Å². The van der Waals surface area contributed by atoms with Crippen LogP contribution in [0.2, 0.25) is 5.02 Å². The van der Waals surface area contributed by atoms with Gasteiger partial charge in [-0.3, -0.25) is 10.1 Å². The molecule has 0 bridgehead atoms. The van der Waals surface area contributed by atoms with E-state index in [2.05, 4.69) is 5.32 Å². The summed E-state index contributed by atoms with van der Waals surface area (Å²) in [7, 11) is 0. The number of nitro benzene ring substituents is 1. The highest BCUT2D eigenvalue weighted by atomic mass is 35.5. The first-order valence-electron chi connectivity index (χ1n) is 5.90. The predicted molar refractivity (Wildman–Crippen MR) is 76.6 cm³/mol. The van der Waals surface area contributed by atoms with Gasteiger partial charge in [0.2, 0.25) is 0 Å². The van der Waals surface area contributed by atoms with Crippen LogP contribution in [0.1, 0.15) is 11.1 Å². The molecule has 6 heteroatoms. The maximum Gasteiger partial charge on any atom is 0.288 e. The molecule has 0 amide bonds. The number of nitrogens with zero attached hydrogens (tertiary/aromatic N) is 1. The van der Waals surface area contributed by atoms with Crippen molar-refractivity contribution in [3.05, 3.63) is 68.5 Å². The number of nitro groups is 1. The molecule has 0 aliphatic carbocycles. The fraction of sp³-hybridized carbons (Fsp3) is 0.143. The number of halogens is 2. The first kappa shape index (κ1) is 14.3. The van der Waals surface area contributed by atoms with Gasteiger partial charge in [-0.2, -0.15) is 0 Å². The Kier molecular flexibility index (Phi) is 4.20. The number of rotatable bonds is 4. The summed E-state index contributed by atoms with van der Waals surface area (Å²) < 4.78 is 13.1. The Labute approximate surface area is 120 Å². The summed E-state index contributed by atoms with van der Waals surface area (Å²) in [6.07, 6.45) is 0. The highest BCUT2D eigenvalue weighted by Crippen LogP contribution is 2.25. The van der Waals surface area contributed by atoms with Crippen LogP contribution >= 0.6 is 11.6 Å². The predicted octanol–water partition coefficient (Wildman–Crippen LogP) is 4.31. The van der Waals surface area contributed by atoms with Crippen LogP contribution in [-0.2, 0) is 6.54 Å². The largest absolute Gasteiger partial charge is 0.381 e. The zero-order valence-electron chi connectivity index (χ0n) is 10.7. The van der Waals surface area contributed by atoms with Crippen LogP contribution < -0.4 is 5.32 Å². The molecule has 0 heterocycles. The molecule has 0 atom stereocenters. The SMILES string of the molecule is Cc1cc(NCc2ccc(Cl)c([N+](=O)[O-])c2)ccc1F. The van der Waals surface area contributed by atoms with E-state index in [1.54, 1.807) is 25.1 Å². The van der Waals surface area contributed by atoms with Crippen molar-refractivity contribution in [2.75, 3.05) is 5.32 Å². The van der Waals surface area contributed by atoms with Gasteiger partial charge in [0.25, 0.3) is 5.69 Å².